The van der Waals surface area contributed by atoms with E-state index in [0.717, 1.165) is 0 Å². The standard InChI is InChI=1S/C14H22O4/c1-4-5-14(17-7-11(2)8-18-14)6-13-9-15-12(3)16-10-13/h11-13H,6-10H2,1-3H3. The Morgan fingerprint density at radius 2 is 1.67 bits per heavy atom. The molecule has 0 spiro atoms. The first-order chi connectivity index (χ1) is 8.63. The van der Waals surface area contributed by atoms with Gasteiger partial charge in [-0.2, -0.15) is 0 Å². The van der Waals surface area contributed by atoms with Crippen molar-refractivity contribution >= 4 is 0 Å². The van der Waals surface area contributed by atoms with Gasteiger partial charge in [-0.1, -0.05) is 6.92 Å². The van der Waals surface area contributed by atoms with Gasteiger partial charge in [0.1, 0.15) is 0 Å². The summed E-state index contributed by atoms with van der Waals surface area (Å²) in [6.07, 6.45) is 0.593. The highest BCUT2D eigenvalue weighted by molar-refractivity contribution is 5.10. The fraction of sp³-hybridized carbons (Fsp3) is 0.857. The summed E-state index contributed by atoms with van der Waals surface area (Å²) in [7, 11) is 0. The van der Waals surface area contributed by atoms with E-state index in [4.69, 9.17) is 18.9 Å². The summed E-state index contributed by atoms with van der Waals surface area (Å²) in [6, 6.07) is 0. The van der Waals surface area contributed by atoms with E-state index in [1.807, 2.05) is 13.8 Å². The molecule has 2 aliphatic rings. The molecule has 0 bridgehead atoms. The molecule has 2 saturated heterocycles. The second-order valence-electron chi connectivity index (χ2n) is 5.16. The maximum absolute atomic E-state index is 5.84. The van der Waals surface area contributed by atoms with Gasteiger partial charge in [0.2, 0.25) is 5.79 Å². The van der Waals surface area contributed by atoms with Crippen LogP contribution in [0.4, 0.5) is 0 Å². The summed E-state index contributed by atoms with van der Waals surface area (Å²) < 4.78 is 22.7. The van der Waals surface area contributed by atoms with Crippen molar-refractivity contribution in [3.63, 3.8) is 0 Å². The van der Waals surface area contributed by atoms with E-state index >= 15 is 0 Å². The van der Waals surface area contributed by atoms with Gasteiger partial charge in [0.25, 0.3) is 0 Å². The fourth-order valence-electron chi connectivity index (χ4n) is 2.21. The molecule has 0 aromatic rings. The van der Waals surface area contributed by atoms with Crippen molar-refractivity contribution < 1.29 is 18.9 Å². The monoisotopic (exact) mass is 254 g/mol. The molecule has 4 nitrogen and oxygen atoms in total. The average molecular weight is 254 g/mol. The molecule has 0 saturated carbocycles. The van der Waals surface area contributed by atoms with Crippen molar-refractivity contribution in [2.45, 2.75) is 39.3 Å². The number of hydrogen-bond donors (Lipinski definition) is 0. The maximum atomic E-state index is 5.84. The predicted octanol–water partition coefficient (Wildman–Crippen LogP) is 1.79. The summed E-state index contributed by atoms with van der Waals surface area (Å²) >= 11 is 0. The van der Waals surface area contributed by atoms with Crippen LogP contribution >= 0.6 is 0 Å². The fourth-order valence-corrected chi connectivity index (χ4v) is 2.21. The minimum atomic E-state index is -0.765. The Kier molecular flexibility index (Phi) is 4.63. The number of ether oxygens (including phenoxy) is 4. The van der Waals surface area contributed by atoms with Gasteiger partial charge in [-0.25, -0.2) is 0 Å². The van der Waals surface area contributed by atoms with Crippen LogP contribution in [0.5, 0.6) is 0 Å². The molecule has 2 fully saturated rings. The van der Waals surface area contributed by atoms with E-state index in [2.05, 4.69) is 18.8 Å². The minimum Gasteiger partial charge on any atom is -0.353 e. The van der Waals surface area contributed by atoms with Crippen molar-refractivity contribution in [1.82, 2.24) is 0 Å². The van der Waals surface area contributed by atoms with Crippen molar-refractivity contribution in [2.24, 2.45) is 11.8 Å². The second kappa shape index (κ2) is 6.03. The van der Waals surface area contributed by atoms with Gasteiger partial charge in [-0.3, -0.25) is 0 Å². The molecule has 0 aliphatic carbocycles. The predicted molar refractivity (Wildman–Crippen MR) is 66.7 cm³/mol. The van der Waals surface area contributed by atoms with Crippen LogP contribution in [0.3, 0.4) is 0 Å². The van der Waals surface area contributed by atoms with Crippen LogP contribution in [0.15, 0.2) is 0 Å². The Labute approximate surface area is 109 Å². The van der Waals surface area contributed by atoms with Crippen LogP contribution in [-0.4, -0.2) is 38.5 Å². The van der Waals surface area contributed by atoms with Gasteiger partial charge in [-0.15, -0.1) is 5.92 Å². The Hall–Kier alpha value is -0.600. The first kappa shape index (κ1) is 13.8. The molecular weight excluding hydrogens is 232 g/mol. The zero-order valence-corrected chi connectivity index (χ0v) is 11.4. The SMILES string of the molecule is CC#CC1(CC2COC(C)OC2)OCC(C)CO1. The summed E-state index contributed by atoms with van der Waals surface area (Å²) in [5, 5.41) is 0. The average Bonchev–Trinajstić information content (AvgIpc) is 2.37. The molecule has 0 aromatic heterocycles. The van der Waals surface area contributed by atoms with E-state index in [-0.39, 0.29) is 12.2 Å². The van der Waals surface area contributed by atoms with Gasteiger partial charge in [0.05, 0.1) is 26.4 Å². The largest absolute Gasteiger partial charge is 0.353 e. The topological polar surface area (TPSA) is 36.9 Å². The van der Waals surface area contributed by atoms with Gasteiger partial charge in [-0.05, 0) is 19.8 Å². The molecule has 0 unspecified atom stereocenters. The summed E-state index contributed by atoms with van der Waals surface area (Å²) in [4.78, 5) is 0. The molecule has 0 atom stereocenters. The van der Waals surface area contributed by atoms with E-state index < -0.39 is 5.79 Å². The third kappa shape index (κ3) is 3.46. The second-order valence-corrected chi connectivity index (χ2v) is 5.16. The zero-order chi connectivity index (χ0) is 13.0. The van der Waals surface area contributed by atoms with E-state index in [1.54, 1.807) is 0 Å². The highest BCUT2D eigenvalue weighted by atomic mass is 16.7. The molecule has 2 heterocycles. The number of rotatable bonds is 2. The lowest BCUT2D eigenvalue weighted by Gasteiger charge is -2.39. The zero-order valence-electron chi connectivity index (χ0n) is 11.4. The van der Waals surface area contributed by atoms with Crippen LogP contribution in [-0.2, 0) is 18.9 Å². The first-order valence-electron chi connectivity index (χ1n) is 6.58. The first-order valence-corrected chi connectivity index (χ1v) is 6.58. The van der Waals surface area contributed by atoms with Gasteiger partial charge >= 0.3 is 0 Å². The van der Waals surface area contributed by atoms with Gasteiger partial charge < -0.3 is 18.9 Å². The molecule has 2 aliphatic heterocycles. The van der Waals surface area contributed by atoms with Crippen molar-refractivity contribution in [3.8, 4) is 11.8 Å². The Morgan fingerprint density at radius 1 is 1.06 bits per heavy atom. The molecule has 0 radical (unpaired) electrons. The van der Waals surface area contributed by atoms with Crippen LogP contribution < -0.4 is 0 Å². The summed E-state index contributed by atoms with van der Waals surface area (Å²) in [5.74, 6) is 5.92. The lowest BCUT2D eigenvalue weighted by Crippen LogP contribution is -2.46. The van der Waals surface area contributed by atoms with E-state index in [9.17, 15) is 0 Å². The molecule has 4 heteroatoms. The number of hydrogen-bond acceptors (Lipinski definition) is 4. The van der Waals surface area contributed by atoms with Crippen molar-refractivity contribution in [1.29, 1.82) is 0 Å². The van der Waals surface area contributed by atoms with Crippen molar-refractivity contribution in [3.05, 3.63) is 0 Å². The normalized spacial score (nSPS) is 40.9. The maximum Gasteiger partial charge on any atom is 0.233 e. The van der Waals surface area contributed by atoms with E-state index in [1.165, 1.54) is 0 Å². The lowest BCUT2D eigenvalue weighted by molar-refractivity contribution is -0.268. The van der Waals surface area contributed by atoms with Gasteiger partial charge in [0, 0.05) is 18.3 Å². The summed E-state index contributed by atoms with van der Waals surface area (Å²) in [5.41, 5.74) is 0. The van der Waals surface area contributed by atoms with E-state index in [0.29, 0.717) is 38.8 Å². The molecular formula is C14H22O4. The molecule has 102 valence electrons. The molecule has 0 aromatic carbocycles. The van der Waals surface area contributed by atoms with Crippen LogP contribution in [0, 0.1) is 23.7 Å². The van der Waals surface area contributed by atoms with Crippen LogP contribution in [0.2, 0.25) is 0 Å². The van der Waals surface area contributed by atoms with Gasteiger partial charge in [0.15, 0.2) is 6.29 Å². The Bertz CT molecular complexity index is 314. The highest BCUT2D eigenvalue weighted by Gasteiger charge is 2.38. The molecule has 0 N–H and O–H groups in total. The molecule has 2 rings (SSSR count). The van der Waals surface area contributed by atoms with Crippen molar-refractivity contribution in [2.75, 3.05) is 26.4 Å². The smallest absolute Gasteiger partial charge is 0.233 e. The van der Waals surface area contributed by atoms with Crippen LogP contribution in [0.25, 0.3) is 0 Å². The minimum absolute atomic E-state index is 0.109. The lowest BCUT2D eigenvalue weighted by atomic mass is 9.98. The third-order valence-corrected chi connectivity index (χ3v) is 3.21. The molecule has 18 heavy (non-hydrogen) atoms. The highest BCUT2D eigenvalue weighted by Crippen LogP contribution is 2.30. The Morgan fingerprint density at radius 3 is 2.22 bits per heavy atom. The molecule has 0 amide bonds. The Balaban J connectivity index is 1.95. The third-order valence-electron chi connectivity index (χ3n) is 3.21. The summed E-state index contributed by atoms with van der Waals surface area (Å²) in [6.45, 7) is 8.57. The van der Waals surface area contributed by atoms with Crippen LogP contribution in [0.1, 0.15) is 27.2 Å². The quantitative estimate of drug-likeness (QED) is 0.704.